The van der Waals surface area contributed by atoms with Crippen molar-refractivity contribution in [1.29, 1.82) is 0 Å². The largest absolute Gasteiger partial charge is 0.341 e. The average molecular weight is 377 g/mol. The van der Waals surface area contributed by atoms with Crippen LogP contribution < -0.4 is 5.32 Å². The smallest absolute Gasteiger partial charge is 0.231 e. The first-order chi connectivity index (χ1) is 13.2. The first-order valence-corrected chi connectivity index (χ1v) is 9.58. The van der Waals surface area contributed by atoms with E-state index in [0.717, 1.165) is 27.6 Å². The van der Waals surface area contributed by atoms with Gasteiger partial charge in [-0.2, -0.15) is 0 Å². The van der Waals surface area contributed by atoms with Crippen molar-refractivity contribution in [2.24, 2.45) is 7.05 Å². The van der Waals surface area contributed by atoms with Crippen molar-refractivity contribution >= 4 is 28.7 Å². The number of thioether (sulfide) groups is 1. The second kappa shape index (κ2) is 7.67. The Bertz CT molecular complexity index is 1020. The lowest BCUT2D eigenvalue weighted by Gasteiger charge is -2.19. The standard InChI is InChI=1S/C20H19N5OS/c1-25-12-11-21-19(25)18(14-7-3-2-4-8-14)24-17(26)13-27-20-22-15-9-5-6-10-16(15)23-20/h2-12,18H,13H2,1H3,(H,22,23)(H,24,26)/t18-/m0/s1. The van der Waals surface area contributed by atoms with Crippen LogP contribution >= 0.6 is 11.8 Å². The van der Waals surface area contributed by atoms with E-state index in [-0.39, 0.29) is 17.7 Å². The Labute approximate surface area is 161 Å². The predicted octanol–water partition coefficient (Wildman–Crippen LogP) is 3.29. The van der Waals surface area contributed by atoms with Crippen molar-refractivity contribution in [3.05, 3.63) is 78.4 Å². The lowest BCUT2D eigenvalue weighted by Crippen LogP contribution is -2.32. The molecule has 0 fully saturated rings. The molecule has 6 nitrogen and oxygen atoms in total. The van der Waals surface area contributed by atoms with Gasteiger partial charge in [-0.3, -0.25) is 4.79 Å². The fraction of sp³-hybridized carbons (Fsp3) is 0.150. The van der Waals surface area contributed by atoms with Gasteiger partial charge in [-0.1, -0.05) is 54.2 Å². The van der Waals surface area contributed by atoms with Gasteiger partial charge < -0.3 is 14.9 Å². The van der Waals surface area contributed by atoms with E-state index in [2.05, 4.69) is 20.3 Å². The fourth-order valence-electron chi connectivity index (χ4n) is 2.93. The molecule has 136 valence electrons. The second-order valence-electron chi connectivity index (χ2n) is 6.16. The van der Waals surface area contributed by atoms with Crippen LogP contribution in [-0.4, -0.2) is 31.2 Å². The molecule has 2 heterocycles. The zero-order valence-electron chi connectivity index (χ0n) is 14.8. The molecule has 0 aliphatic carbocycles. The van der Waals surface area contributed by atoms with E-state index in [0.29, 0.717) is 0 Å². The number of rotatable bonds is 6. The molecule has 4 rings (SSSR count). The first kappa shape index (κ1) is 17.4. The van der Waals surface area contributed by atoms with E-state index >= 15 is 0 Å². The Morgan fingerprint density at radius 1 is 1.19 bits per heavy atom. The summed E-state index contributed by atoms with van der Waals surface area (Å²) in [4.78, 5) is 24.8. The zero-order chi connectivity index (χ0) is 18.6. The number of hydrogen-bond acceptors (Lipinski definition) is 4. The molecule has 0 bridgehead atoms. The summed E-state index contributed by atoms with van der Waals surface area (Å²) in [6.07, 6.45) is 3.61. The third kappa shape index (κ3) is 3.88. The normalized spacial score (nSPS) is 12.2. The molecule has 2 aromatic carbocycles. The molecule has 27 heavy (non-hydrogen) atoms. The van der Waals surface area contributed by atoms with Gasteiger partial charge >= 0.3 is 0 Å². The molecule has 0 saturated carbocycles. The molecule has 0 saturated heterocycles. The zero-order valence-corrected chi connectivity index (χ0v) is 15.6. The molecule has 0 aliphatic heterocycles. The Kier molecular flexibility index (Phi) is 4.93. The van der Waals surface area contributed by atoms with Gasteiger partial charge in [0.2, 0.25) is 5.91 Å². The van der Waals surface area contributed by atoms with Crippen LogP contribution in [0.4, 0.5) is 0 Å². The summed E-state index contributed by atoms with van der Waals surface area (Å²) in [6.45, 7) is 0. The van der Waals surface area contributed by atoms with Crippen LogP contribution in [0.2, 0.25) is 0 Å². The number of amides is 1. The highest BCUT2D eigenvalue weighted by atomic mass is 32.2. The summed E-state index contributed by atoms with van der Waals surface area (Å²) in [7, 11) is 1.92. The summed E-state index contributed by atoms with van der Waals surface area (Å²) >= 11 is 1.39. The molecule has 4 aromatic rings. The maximum atomic E-state index is 12.6. The number of nitrogens with zero attached hydrogens (tertiary/aromatic N) is 3. The van der Waals surface area contributed by atoms with Crippen molar-refractivity contribution in [3.8, 4) is 0 Å². The Hall–Kier alpha value is -3.06. The van der Waals surface area contributed by atoms with Gasteiger partial charge in [0.05, 0.1) is 16.8 Å². The maximum Gasteiger partial charge on any atom is 0.231 e. The number of H-pyrrole nitrogens is 1. The molecule has 2 N–H and O–H groups in total. The molecule has 0 unspecified atom stereocenters. The van der Waals surface area contributed by atoms with Gasteiger partial charge in [0.15, 0.2) is 5.16 Å². The number of imidazole rings is 2. The first-order valence-electron chi connectivity index (χ1n) is 8.60. The number of aromatic amines is 1. The average Bonchev–Trinajstić information content (AvgIpc) is 3.31. The second-order valence-corrected chi connectivity index (χ2v) is 7.12. The highest BCUT2D eigenvalue weighted by Crippen LogP contribution is 2.22. The molecule has 0 aliphatic rings. The number of nitrogens with one attached hydrogen (secondary N) is 2. The third-order valence-corrected chi connectivity index (χ3v) is 5.14. The van der Waals surface area contributed by atoms with Crippen molar-refractivity contribution in [3.63, 3.8) is 0 Å². The Morgan fingerprint density at radius 3 is 2.70 bits per heavy atom. The van der Waals surface area contributed by atoms with E-state index < -0.39 is 0 Å². The summed E-state index contributed by atoms with van der Waals surface area (Å²) in [6, 6.07) is 17.4. The summed E-state index contributed by atoms with van der Waals surface area (Å²) < 4.78 is 1.92. The SMILES string of the molecule is Cn1ccnc1[C@@H](NC(=O)CSc1nc2ccccc2[nH]1)c1ccccc1. The van der Waals surface area contributed by atoms with Crippen LogP contribution in [0.15, 0.2) is 72.1 Å². The van der Waals surface area contributed by atoms with Crippen LogP contribution in [0.5, 0.6) is 0 Å². The maximum absolute atomic E-state index is 12.6. The number of benzene rings is 2. The van der Waals surface area contributed by atoms with Crippen LogP contribution in [0.25, 0.3) is 11.0 Å². The van der Waals surface area contributed by atoms with E-state index in [4.69, 9.17) is 0 Å². The number of aryl methyl sites for hydroxylation is 1. The van der Waals surface area contributed by atoms with Gasteiger partial charge in [-0.25, -0.2) is 9.97 Å². The van der Waals surface area contributed by atoms with Gasteiger partial charge in [0, 0.05) is 19.4 Å². The van der Waals surface area contributed by atoms with Gasteiger partial charge in [0.1, 0.15) is 11.9 Å². The monoisotopic (exact) mass is 377 g/mol. The van der Waals surface area contributed by atoms with Gasteiger partial charge in [0.25, 0.3) is 0 Å². The number of carbonyl (C=O) groups is 1. The minimum absolute atomic E-state index is 0.0719. The molecule has 0 spiro atoms. The summed E-state index contributed by atoms with van der Waals surface area (Å²) in [5.41, 5.74) is 2.86. The molecule has 1 amide bonds. The van der Waals surface area contributed by atoms with Crippen LogP contribution in [-0.2, 0) is 11.8 Å². The number of para-hydroxylation sites is 2. The third-order valence-electron chi connectivity index (χ3n) is 4.26. The molecular weight excluding hydrogens is 358 g/mol. The van der Waals surface area contributed by atoms with E-state index in [1.165, 1.54) is 11.8 Å². The summed E-state index contributed by atoms with van der Waals surface area (Å²) in [5, 5.41) is 3.83. The molecule has 7 heteroatoms. The topological polar surface area (TPSA) is 75.6 Å². The number of aromatic nitrogens is 4. The number of fused-ring (bicyclic) bond motifs is 1. The van der Waals surface area contributed by atoms with E-state index in [1.54, 1.807) is 6.20 Å². The van der Waals surface area contributed by atoms with Crippen molar-refractivity contribution < 1.29 is 4.79 Å². The van der Waals surface area contributed by atoms with E-state index in [1.807, 2.05) is 72.4 Å². The van der Waals surface area contributed by atoms with Crippen molar-refractivity contribution in [2.45, 2.75) is 11.2 Å². The van der Waals surface area contributed by atoms with Crippen LogP contribution in [0.1, 0.15) is 17.4 Å². The molecule has 0 radical (unpaired) electrons. The fourth-order valence-corrected chi connectivity index (χ4v) is 3.63. The number of hydrogen-bond donors (Lipinski definition) is 2. The Balaban J connectivity index is 1.47. The lowest BCUT2D eigenvalue weighted by atomic mass is 10.1. The molecule has 2 aromatic heterocycles. The minimum Gasteiger partial charge on any atom is -0.341 e. The molecular formula is C20H19N5OS. The minimum atomic E-state index is -0.296. The van der Waals surface area contributed by atoms with Gasteiger partial charge in [-0.05, 0) is 17.7 Å². The van der Waals surface area contributed by atoms with E-state index in [9.17, 15) is 4.79 Å². The quantitative estimate of drug-likeness (QED) is 0.506. The van der Waals surface area contributed by atoms with Crippen molar-refractivity contribution in [2.75, 3.05) is 5.75 Å². The highest BCUT2D eigenvalue weighted by molar-refractivity contribution is 7.99. The van der Waals surface area contributed by atoms with Crippen molar-refractivity contribution in [1.82, 2.24) is 24.8 Å². The Morgan fingerprint density at radius 2 is 1.96 bits per heavy atom. The van der Waals surface area contributed by atoms with Gasteiger partial charge in [-0.15, -0.1) is 0 Å². The van der Waals surface area contributed by atoms with Crippen LogP contribution in [0, 0.1) is 0 Å². The predicted molar refractivity (Wildman–Crippen MR) is 106 cm³/mol. The highest BCUT2D eigenvalue weighted by Gasteiger charge is 2.20. The summed E-state index contributed by atoms with van der Waals surface area (Å²) in [5.74, 6) is 0.994. The molecule has 1 atom stereocenters. The van der Waals surface area contributed by atoms with Crippen LogP contribution in [0.3, 0.4) is 0 Å². The lowest BCUT2D eigenvalue weighted by molar-refractivity contribution is -0.119. The number of carbonyl (C=O) groups excluding carboxylic acids is 1.